The molecule has 2 heterocycles. The average molecular weight is 299 g/mol. The van der Waals surface area contributed by atoms with Gasteiger partial charge in [-0.25, -0.2) is 9.37 Å². The SMILES string of the molecule is NCc1nc(-c2ccc(F)cc2)c(Cc2ccncc2)s1. The third kappa shape index (κ3) is 3.15. The summed E-state index contributed by atoms with van der Waals surface area (Å²) < 4.78 is 13.1. The van der Waals surface area contributed by atoms with Gasteiger partial charge in [0, 0.05) is 35.8 Å². The van der Waals surface area contributed by atoms with Crippen molar-refractivity contribution in [3.05, 3.63) is 70.1 Å². The first-order valence-corrected chi connectivity index (χ1v) is 7.41. The number of nitrogens with zero attached hydrogens (tertiary/aromatic N) is 2. The van der Waals surface area contributed by atoms with Crippen molar-refractivity contribution in [3.63, 3.8) is 0 Å². The van der Waals surface area contributed by atoms with Gasteiger partial charge in [-0.05, 0) is 42.0 Å². The fraction of sp³-hybridized carbons (Fsp3) is 0.125. The number of pyridine rings is 1. The normalized spacial score (nSPS) is 10.8. The van der Waals surface area contributed by atoms with Gasteiger partial charge < -0.3 is 5.73 Å². The van der Waals surface area contributed by atoms with Crippen LogP contribution >= 0.6 is 11.3 Å². The summed E-state index contributed by atoms with van der Waals surface area (Å²) in [5.74, 6) is -0.247. The lowest BCUT2D eigenvalue weighted by atomic mass is 10.1. The summed E-state index contributed by atoms with van der Waals surface area (Å²) in [6.07, 6.45) is 4.32. The molecule has 0 spiro atoms. The van der Waals surface area contributed by atoms with E-state index >= 15 is 0 Å². The van der Waals surface area contributed by atoms with Gasteiger partial charge in [-0.1, -0.05) is 0 Å². The topological polar surface area (TPSA) is 51.8 Å². The van der Waals surface area contributed by atoms with Gasteiger partial charge in [-0.2, -0.15) is 0 Å². The predicted octanol–water partition coefficient (Wildman–Crippen LogP) is 3.39. The lowest BCUT2D eigenvalue weighted by Gasteiger charge is -2.03. The minimum absolute atomic E-state index is 0.247. The van der Waals surface area contributed by atoms with Gasteiger partial charge in [0.25, 0.3) is 0 Å². The third-order valence-electron chi connectivity index (χ3n) is 3.15. The second kappa shape index (κ2) is 6.11. The van der Waals surface area contributed by atoms with E-state index in [2.05, 4.69) is 9.97 Å². The number of thiazole rings is 1. The molecule has 0 atom stereocenters. The van der Waals surface area contributed by atoms with Gasteiger partial charge in [0.05, 0.1) is 5.69 Å². The first kappa shape index (κ1) is 13.9. The number of nitrogens with two attached hydrogens (primary N) is 1. The lowest BCUT2D eigenvalue weighted by Crippen LogP contribution is -1.94. The minimum atomic E-state index is -0.247. The lowest BCUT2D eigenvalue weighted by molar-refractivity contribution is 0.628. The number of benzene rings is 1. The van der Waals surface area contributed by atoms with Gasteiger partial charge in [0.1, 0.15) is 10.8 Å². The van der Waals surface area contributed by atoms with Crippen LogP contribution in [0.1, 0.15) is 15.4 Å². The molecule has 0 aliphatic rings. The van der Waals surface area contributed by atoms with Crippen LogP contribution < -0.4 is 5.73 Å². The summed E-state index contributed by atoms with van der Waals surface area (Å²) >= 11 is 1.60. The van der Waals surface area contributed by atoms with E-state index in [1.165, 1.54) is 17.7 Å². The van der Waals surface area contributed by atoms with E-state index in [4.69, 9.17) is 5.73 Å². The van der Waals surface area contributed by atoms with E-state index in [-0.39, 0.29) is 5.82 Å². The maximum atomic E-state index is 13.1. The van der Waals surface area contributed by atoms with Crippen molar-refractivity contribution in [2.75, 3.05) is 0 Å². The first-order chi connectivity index (χ1) is 10.3. The van der Waals surface area contributed by atoms with Crippen molar-refractivity contribution < 1.29 is 4.39 Å². The van der Waals surface area contributed by atoms with E-state index in [0.717, 1.165) is 27.6 Å². The molecule has 1 aromatic carbocycles. The molecule has 0 aliphatic heterocycles. The van der Waals surface area contributed by atoms with Crippen LogP contribution in [0.5, 0.6) is 0 Å². The molecule has 106 valence electrons. The standard InChI is InChI=1S/C16H14FN3S/c17-13-3-1-12(2-4-13)16-14(21-15(10-18)20-16)9-11-5-7-19-8-6-11/h1-8H,9-10,18H2. The van der Waals surface area contributed by atoms with E-state index in [0.29, 0.717) is 6.54 Å². The number of aromatic nitrogens is 2. The highest BCUT2D eigenvalue weighted by Crippen LogP contribution is 2.30. The van der Waals surface area contributed by atoms with Crippen LogP contribution in [-0.2, 0) is 13.0 Å². The summed E-state index contributed by atoms with van der Waals surface area (Å²) in [5.41, 5.74) is 8.67. The molecule has 0 aliphatic carbocycles. The smallest absolute Gasteiger partial charge is 0.123 e. The molecule has 3 nitrogen and oxygen atoms in total. The number of halogens is 1. The van der Waals surface area contributed by atoms with Crippen LogP contribution in [0, 0.1) is 5.82 Å². The highest BCUT2D eigenvalue weighted by atomic mass is 32.1. The number of rotatable bonds is 4. The molecule has 0 fully saturated rings. The van der Waals surface area contributed by atoms with Crippen LogP contribution in [0.25, 0.3) is 11.3 Å². The summed E-state index contributed by atoms with van der Waals surface area (Å²) in [4.78, 5) is 9.74. The molecule has 0 amide bonds. The Morgan fingerprint density at radius 2 is 1.76 bits per heavy atom. The Labute approximate surface area is 126 Å². The number of hydrogen-bond acceptors (Lipinski definition) is 4. The Morgan fingerprint density at radius 1 is 1.05 bits per heavy atom. The largest absolute Gasteiger partial charge is 0.325 e. The summed E-state index contributed by atoms with van der Waals surface area (Å²) in [5, 5.41) is 0.887. The van der Waals surface area contributed by atoms with Crippen LogP contribution in [0.2, 0.25) is 0 Å². The molecular weight excluding hydrogens is 285 g/mol. The zero-order valence-electron chi connectivity index (χ0n) is 11.3. The molecule has 5 heteroatoms. The van der Waals surface area contributed by atoms with Crippen LogP contribution in [0.4, 0.5) is 4.39 Å². The Bertz CT molecular complexity index is 723. The van der Waals surface area contributed by atoms with Crippen molar-refractivity contribution in [2.24, 2.45) is 5.73 Å². The molecule has 0 saturated heterocycles. The molecule has 3 aromatic rings. The van der Waals surface area contributed by atoms with Crippen molar-refractivity contribution in [1.29, 1.82) is 0 Å². The highest BCUT2D eigenvalue weighted by Gasteiger charge is 2.13. The van der Waals surface area contributed by atoms with Crippen molar-refractivity contribution in [1.82, 2.24) is 9.97 Å². The fourth-order valence-electron chi connectivity index (χ4n) is 2.13. The molecular formula is C16H14FN3S. The molecule has 2 N–H and O–H groups in total. The third-order valence-corrected chi connectivity index (χ3v) is 4.23. The molecule has 21 heavy (non-hydrogen) atoms. The van der Waals surface area contributed by atoms with Crippen LogP contribution in [0.3, 0.4) is 0 Å². The molecule has 2 aromatic heterocycles. The summed E-state index contributed by atoms with van der Waals surface area (Å²) in [6.45, 7) is 0.412. The predicted molar refractivity (Wildman–Crippen MR) is 82.4 cm³/mol. The van der Waals surface area contributed by atoms with Crippen LogP contribution in [0.15, 0.2) is 48.8 Å². The van der Waals surface area contributed by atoms with Crippen molar-refractivity contribution >= 4 is 11.3 Å². The highest BCUT2D eigenvalue weighted by molar-refractivity contribution is 7.12. The fourth-order valence-corrected chi connectivity index (χ4v) is 3.13. The van der Waals surface area contributed by atoms with Crippen LogP contribution in [-0.4, -0.2) is 9.97 Å². The maximum absolute atomic E-state index is 13.1. The first-order valence-electron chi connectivity index (χ1n) is 6.60. The second-order valence-electron chi connectivity index (χ2n) is 4.62. The second-order valence-corrected chi connectivity index (χ2v) is 5.79. The quantitative estimate of drug-likeness (QED) is 0.803. The van der Waals surface area contributed by atoms with Gasteiger partial charge in [0.2, 0.25) is 0 Å². The maximum Gasteiger partial charge on any atom is 0.123 e. The molecule has 0 unspecified atom stereocenters. The average Bonchev–Trinajstić information content (AvgIpc) is 2.92. The zero-order valence-corrected chi connectivity index (χ0v) is 12.1. The minimum Gasteiger partial charge on any atom is -0.325 e. The van der Waals surface area contributed by atoms with Gasteiger partial charge >= 0.3 is 0 Å². The van der Waals surface area contributed by atoms with E-state index < -0.39 is 0 Å². The van der Waals surface area contributed by atoms with Gasteiger partial charge in [-0.15, -0.1) is 11.3 Å². The summed E-state index contributed by atoms with van der Waals surface area (Å²) in [6, 6.07) is 10.4. The summed E-state index contributed by atoms with van der Waals surface area (Å²) in [7, 11) is 0. The Kier molecular flexibility index (Phi) is 4.03. The molecule has 0 bridgehead atoms. The van der Waals surface area contributed by atoms with E-state index in [1.807, 2.05) is 12.1 Å². The van der Waals surface area contributed by atoms with Crippen molar-refractivity contribution in [3.8, 4) is 11.3 Å². The monoisotopic (exact) mass is 299 g/mol. The Morgan fingerprint density at radius 3 is 2.43 bits per heavy atom. The molecule has 0 saturated carbocycles. The molecule has 3 rings (SSSR count). The molecule has 0 radical (unpaired) electrons. The van der Waals surface area contributed by atoms with Gasteiger partial charge in [0.15, 0.2) is 0 Å². The van der Waals surface area contributed by atoms with Gasteiger partial charge in [-0.3, -0.25) is 4.98 Å². The Balaban J connectivity index is 1.99. The Hall–Kier alpha value is -2.11. The zero-order chi connectivity index (χ0) is 14.7. The van der Waals surface area contributed by atoms with E-state index in [1.54, 1.807) is 35.9 Å². The number of hydrogen-bond donors (Lipinski definition) is 1. The van der Waals surface area contributed by atoms with E-state index in [9.17, 15) is 4.39 Å². The van der Waals surface area contributed by atoms with Crippen molar-refractivity contribution in [2.45, 2.75) is 13.0 Å².